The van der Waals surface area contributed by atoms with Gasteiger partial charge in [-0.25, -0.2) is 0 Å². The van der Waals surface area contributed by atoms with E-state index in [1.807, 2.05) is 6.92 Å². The second kappa shape index (κ2) is 12.7. The lowest BCUT2D eigenvalue weighted by molar-refractivity contribution is -0.121. The zero-order valence-electron chi connectivity index (χ0n) is 12.8. The van der Waals surface area contributed by atoms with Crippen molar-refractivity contribution in [1.82, 2.24) is 10.2 Å². The SMILES string of the molecule is CCC1CCCCN1CCNC(=O)CCC(C)N.Cl.Cl. The summed E-state index contributed by atoms with van der Waals surface area (Å²) in [7, 11) is 0. The number of hydrogen-bond donors (Lipinski definition) is 2. The molecule has 0 spiro atoms. The van der Waals surface area contributed by atoms with Crippen LogP contribution >= 0.6 is 24.8 Å². The monoisotopic (exact) mass is 327 g/mol. The summed E-state index contributed by atoms with van der Waals surface area (Å²) >= 11 is 0. The molecule has 0 aromatic rings. The molecule has 1 aliphatic heterocycles. The third-order valence-corrected chi connectivity index (χ3v) is 3.77. The lowest BCUT2D eigenvalue weighted by Gasteiger charge is -2.35. The third kappa shape index (κ3) is 9.01. The molecule has 20 heavy (non-hydrogen) atoms. The molecule has 4 nitrogen and oxygen atoms in total. The fraction of sp³-hybridized carbons (Fsp3) is 0.929. The molecule has 1 fully saturated rings. The molecule has 0 bridgehead atoms. The lowest BCUT2D eigenvalue weighted by atomic mass is 10.0. The Hall–Kier alpha value is -0.0300. The highest BCUT2D eigenvalue weighted by atomic mass is 35.5. The van der Waals surface area contributed by atoms with Crippen LogP contribution in [0.3, 0.4) is 0 Å². The zero-order chi connectivity index (χ0) is 13.4. The molecule has 2 atom stereocenters. The lowest BCUT2D eigenvalue weighted by Crippen LogP contribution is -2.43. The molecule has 0 saturated carbocycles. The molecule has 2 unspecified atom stereocenters. The second-order valence-electron chi connectivity index (χ2n) is 5.46. The Kier molecular flexibility index (Phi) is 14.1. The number of rotatable bonds is 7. The van der Waals surface area contributed by atoms with E-state index in [2.05, 4.69) is 17.1 Å². The first-order valence-electron chi connectivity index (χ1n) is 7.39. The van der Waals surface area contributed by atoms with Gasteiger partial charge in [0.05, 0.1) is 0 Å². The van der Waals surface area contributed by atoms with Gasteiger partial charge in [0.25, 0.3) is 0 Å². The number of likely N-dealkylation sites (tertiary alicyclic amines) is 1. The number of carbonyl (C=O) groups is 1. The van der Waals surface area contributed by atoms with Crippen molar-refractivity contribution in [2.75, 3.05) is 19.6 Å². The smallest absolute Gasteiger partial charge is 0.220 e. The van der Waals surface area contributed by atoms with Crippen LogP contribution in [0, 0.1) is 0 Å². The molecule has 122 valence electrons. The van der Waals surface area contributed by atoms with E-state index < -0.39 is 0 Å². The first-order valence-corrected chi connectivity index (χ1v) is 7.39. The summed E-state index contributed by atoms with van der Waals surface area (Å²) in [5.41, 5.74) is 5.63. The summed E-state index contributed by atoms with van der Waals surface area (Å²) in [6, 6.07) is 0.835. The minimum atomic E-state index is 0. The fourth-order valence-electron chi connectivity index (χ4n) is 2.60. The minimum Gasteiger partial charge on any atom is -0.355 e. The summed E-state index contributed by atoms with van der Waals surface area (Å²) in [5, 5.41) is 2.99. The predicted octanol–water partition coefficient (Wildman–Crippen LogP) is 2.34. The van der Waals surface area contributed by atoms with Crippen molar-refractivity contribution in [3.8, 4) is 0 Å². The molecular formula is C14H31Cl2N3O. The third-order valence-electron chi connectivity index (χ3n) is 3.77. The molecule has 3 N–H and O–H groups in total. The molecule has 0 aromatic carbocycles. The van der Waals surface area contributed by atoms with Crippen LogP contribution in [-0.2, 0) is 4.79 Å². The van der Waals surface area contributed by atoms with Crippen LogP contribution in [0.4, 0.5) is 0 Å². The van der Waals surface area contributed by atoms with Crippen molar-refractivity contribution < 1.29 is 4.79 Å². The molecule has 1 saturated heterocycles. The number of piperidine rings is 1. The van der Waals surface area contributed by atoms with E-state index in [1.165, 1.54) is 32.2 Å². The van der Waals surface area contributed by atoms with Crippen LogP contribution in [0.1, 0.15) is 52.4 Å². The van der Waals surface area contributed by atoms with E-state index in [9.17, 15) is 4.79 Å². The summed E-state index contributed by atoms with van der Waals surface area (Å²) in [6.07, 6.45) is 6.51. The predicted molar refractivity (Wildman–Crippen MR) is 89.9 cm³/mol. The highest BCUT2D eigenvalue weighted by molar-refractivity contribution is 5.85. The highest BCUT2D eigenvalue weighted by Gasteiger charge is 2.19. The van der Waals surface area contributed by atoms with Gasteiger partial charge in [0.15, 0.2) is 0 Å². The second-order valence-corrected chi connectivity index (χ2v) is 5.46. The molecule has 1 aliphatic rings. The van der Waals surface area contributed by atoms with E-state index in [1.54, 1.807) is 0 Å². The van der Waals surface area contributed by atoms with E-state index in [4.69, 9.17) is 5.73 Å². The van der Waals surface area contributed by atoms with Gasteiger partial charge in [0, 0.05) is 31.6 Å². The Labute approximate surface area is 136 Å². The summed E-state index contributed by atoms with van der Waals surface area (Å²) in [5.74, 6) is 0.136. The van der Waals surface area contributed by atoms with Gasteiger partial charge < -0.3 is 11.1 Å². The Bertz CT molecular complexity index is 253. The number of amides is 1. The highest BCUT2D eigenvalue weighted by Crippen LogP contribution is 2.18. The van der Waals surface area contributed by atoms with Crippen molar-refractivity contribution in [3.63, 3.8) is 0 Å². The maximum absolute atomic E-state index is 11.6. The average molecular weight is 328 g/mol. The summed E-state index contributed by atoms with van der Waals surface area (Å²) in [4.78, 5) is 14.1. The topological polar surface area (TPSA) is 58.4 Å². The molecule has 0 aromatic heterocycles. The Morgan fingerprint density at radius 2 is 2.10 bits per heavy atom. The molecule has 6 heteroatoms. The Morgan fingerprint density at radius 1 is 1.40 bits per heavy atom. The normalized spacial score (nSPS) is 20.4. The Balaban J connectivity index is 0. The largest absolute Gasteiger partial charge is 0.355 e. The van der Waals surface area contributed by atoms with Crippen LogP contribution in [-0.4, -0.2) is 42.5 Å². The average Bonchev–Trinajstić information content (AvgIpc) is 2.37. The van der Waals surface area contributed by atoms with Crippen LogP contribution in [0.2, 0.25) is 0 Å². The van der Waals surface area contributed by atoms with Crippen molar-refractivity contribution >= 4 is 30.7 Å². The number of nitrogens with zero attached hydrogens (tertiary/aromatic N) is 1. The fourth-order valence-corrected chi connectivity index (χ4v) is 2.60. The van der Waals surface area contributed by atoms with Gasteiger partial charge in [-0.15, -0.1) is 24.8 Å². The van der Waals surface area contributed by atoms with Crippen LogP contribution < -0.4 is 11.1 Å². The van der Waals surface area contributed by atoms with E-state index in [-0.39, 0.29) is 36.8 Å². The van der Waals surface area contributed by atoms with E-state index in [0.717, 1.165) is 25.6 Å². The maximum atomic E-state index is 11.6. The maximum Gasteiger partial charge on any atom is 0.220 e. The molecule has 1 amide bonds. The van der Waals surface area contributed by atoms with Gasteiger partial charge in [0.2, 0.25) is 5.91 Å². The van der Waals surface area contributed by atoms with Crippen molar-refractivity contribution in [2.45, 2.75) is 64.5 Å². The first kappa shape index (κ1) is 22.3. The summed E-state index contributed by atoms with van der Waals surface area (Å²) < 4.78 is 0. The van der Waals surface area contributed by atoms with Crippen LogP contribution in [0.25, 0.3) is 0 Å². The molecule has 0 aliphatic carbocycles. The first-order chi connectivity index (χ1) is 8.63. The quantitative estimate of drug-likeness (QED) is 0.754. The zero-order valence-corrected chi connectivity index (χ0v) is 14.4. The number of hydrogen-bond acceptors (Lipinski definition) is 3. The number of halogens is 2. The number of carbonyl (C=O) groups excluding carboxylic acids is 1. The van der Waals surface area contributed by atoms with Crippen molar-refractivity contribution in [2.24, 2.45) is 5.73 Å². The van der Waals surface area contributed by atoms with Crippen LogP contribution in [0.5, 0.6) is 0 Å². The van der Waals surface area contributed by atoms with Gasteiger partial charge >= 0.3 is 0 Å². The summed E-state index contributed by atoms with van der Waals surface area (Å²) in [6.45, 7) is 7.14. The number of nitrogens with two attached hydrogens (primary N) is 1. The van der Waals surface area contributed by atoms with E-state index in [0.29, 0.717) is 6.42 Å². The van der Waals surface area contributed by atoms with Gasteiger partial charge in [-0.1, -0.05) is 13.3 Å². The molecular weight excluding hydrogens is 297 g/mol. The Morgan fingerprint density at radius 3 is 2.70 bits per heavy atom. The van der Waals surface area contributed by atoms with Gasteiger partial charge in [-0.05, 0) is 39.2 Å². The van der Waals surface area contributed by atoms with Crippen molar-refractivity contribution in [1.29, 1.82) is 0 Å². The number of nitrogens with one attached hydrogen (secondary N) is 1. The van der Waals surface area contributed by atoms with Gasteiger partial charge in [-0.2, -0.15) is 0 Å². The van der Waals surface area contributed by atoms with Gasteiger partial charge in [0.1, 0.15) is 0 Å². The van der Waals surface area contributed by atoms with Crippen molar-refractivity contribution in [3.05, 3.63) is 0 Å². The van der Waals surface area contributed by atoms with Gasteiger partial charge in [-0.3, -0.25) is 9.69 Å². The van der Waals surface area contributed by atoms with Crippen LogP contribution in [0.15, 0.2) is 0 Å². The molecule has 0 radical (unpaired) electrons. The minimum absolute atomic E-state index is 0. The standard InChI is InChI=1S/C14H29N3O.2ClH/c1-3-13-6-4-5-10-17(13)11-9-16-14(18)8-7-12(2)15;;/h12-13H,3-11,15H2,1-2H3,(H,16,18);2*1H. The van der Waals surface area contributed by atoms with E-state index >= 15 is 0 Å². The molecule has 1 heterocycles. The molecule has 1 rings (SSSR count).